The van der Waals surface area contributed by atoms with Gasteiger partial charge in [-0.3, -0.25) is 4.57 Å². The van der Waals surface area contributed by atoms with Crippen LogP contribution >= 0.6 is 0 Å². The molecular formula is C66H42N8. The van der Waals surface area contributed by atoms with Crippen molar-refractivity contribution in [2.24, 2.45) is 0 Å². The summed E-state index contributed by atoms with van der Waals surface area (Å²) in [4.78, 5) is 31.2. The summed E-state index contributed by atoms with van der Waals surface area (Å²) in [7, 11) is 0. The fourth-order valence-corrected chi connectivity index (χ4v) is 10.4. The SMILES string of the molecule is c1ccc(-c2ccc(-n3c4ccccc4c4c5c6ccccc6n(-c6nc(-c7ccccc7)nc(-c7cccc(-c8nc(-c9ccccc9)nc(-c9cccc(-c%10ccccc%10)c9)n8)c7)n6)c5ccc43)cc2)cc1. The maximum Gasteiger partial charge on any atom is 0.238 e. The number of fused-ring (bicyclic) bond motifs is 7. The Morgan fingerprint density at radius 2 is 0.554 bits per heavy atom. The lowest BCUT2D eigenvalue weighted by molar-refractivity contribution is 0.953. The second kappa shape index (κ2) is 17.9. The van der Waals surface area contributed by atoms with Gasteiger partial charge in [0.05, 0.1) is 22.1 Å². The van der Waals surface area contributed by atoms with Gasteiger partial charge in [0.1, 0.15) is 0 Å². The summed E-state index contributed by atoms with van der Waals surface area (Å²) in [6.45, 7) is 0. The lowest BCUT2D eigenvalue weighted by Crippen LogP contribution is -2.06. The van der Waals surface area contributed by atoms with Crippen LogP contribution in [-0.2, 0) is 0 Å². The van der Waals surface area contributed by atoms with Crippen molar-refractivity contribution in [1.29, 1.82) is 0 Å². The van der Waals surface area contributed by atoms with E-state index < -0.39 is 0 Å². The third kappa shape index (κ3) is 7.48. The fraction of sp³-hybridized carbons (Fsp3) is 0. The number of para-hydroxylation sites is 2. The lowest BCUT2D eigenvalue weighted by atomic mass is 10.0. The van der Waals surface area contributed by atoms with E-state index in [9.17, 15) is 0 Å². The predicted molar refractivity (Wildman–Crippen MR) is 300 cm³/mol. The average molecular weight is 947 g/mol. The summed E-state index contributed by atoms with van der Waals surface area (Å²) in [6.07, 6.45) is 0. The Hall–Kier alpha value is -10.2. The molecule has 74 heavy (non-hydrogen) atoms. The van der Waals surface area contributed by atoms with Crippen molar-refractivity contribution < 1.29 is 0 Å². The van der Waals surface area contributed by atoms with Gasteiger partial charge in [0.15, 0.2) is 29.1 Å². The predicted octanol–water partition coefficient (Wildman–Crippen LogP) is 15.9. The molecule has 4 heterocycles. The molecule has 8 nitrogen and oxygen atoms in total. The number of hydrogen-bond donors (Lipinski definition) is 0. The molecular weight excluding hydrogens is 905 g/mol. The maximum absolute atomic E-state index is 5.39. The minimum absolute atomic E-state index is 0.511. The van der Waals surface area contributed by atoms with E-state index in [1.807, 2.05) is 84.9 Å². The molecule has 4 aromatic heterocycles. The van der Waals surface area contributed by atoms with Crippen LogP contribution in [0.3, 0.4) is 0 Å². The summed E-state index contributed by atoms with van der Waals surface area (Å²) >= 11 is 0. The molecule has 8 heteroatoms. The zero-order chi connectivity index (χ0) is 49.0. The van der Waals surface area contributed by atoms with E-state index in [1.165, 1.54) is 21.9 Å². The Balaban J connectivity index is 0.939. The molecule has 0 saturated carbocycles. The monoisotopic (exact) mass is 946 g/mol. The van der Waals surface area contributed by atoms with Crippen molar-refractivity contribution in [1.82, 2.24) is 39.0 Å². The summed E-state index contributed by atoms with van der Waals surface area (Å²) in [5, 5.41) is 4.58. The van der Waals surface area contributed by atoms with Crippen molar-refractivity contribution in [2.75, 3.05) is 0 Å². The van der Waals surface area contributed by atoms with Crippen LogP contribution in [0, 0.1) is 0 Å². The molecule has 0 aliphatic carbocycles. The topological polar surface area (TPSA) is 87.2 Å². The van der Waals surface area contributed by atoms with Crippen LogP contribution in [0.5, 0.6) is 0 Å². The van der Waals surface area contributed by atoms with Crippen LogP contribution in [0.1, 0.15) is 0 Å². The van der Waals surface area contributed by atoms with Crippen LogP contribution < -0.4 is 0 Å². The summed E-state index contributed by atoms with van der Waals surface area (Å²) in [5.41, 5.74) is 14.2. The van der Waals surface area contributed by atoms with Gasteiger partial charge in [-0.25, -0.2) is 19.9 Å². The molecule has 0 saturated heterocycles. The molecule has 346 valence electrons. The van der Waals surface area contributed by atoms with Gasteiger partial charge in [-0.05, 0) is 70.8 Å². The van der Waals surface area contributed by atoms with Crippen molar-refractivity contribution in [2.45, 2.75) is 0 Å². The van der Waals surface area contributed by atoms with E-state index in [2.05, 4.69) is 179 Å². The molecule has 0 spiro atoms. The first kappa shape index (κ1) is 42.7. The Kier molecular flexibility index (Phi) is 10.3. The molecule has 14 rings (SSSR count). The van der Waals surface area contributed by atoms with Gasteiger partial charge >= 0.3 is 0 Å². The molecule has 0 bridgehead atoms. The zero-order valence-electron chi connectivity index (χ0n) is 39.8. The van der Waals surface area contributed by atoms with Crippen LogP contribution in [0.4, 0.5) is 0 Å². The molecule has 0 N–H and O–H groups in total. The van der Waals surface area contributed by atoms with E-state index >= 15 is 0 Å². The second-order valence-electron chi connectivity index (χ2n) is 18.3. The number of aromatic nitrogens is 8. The van der Waals surface area contributed by atoms with Crippen molar-refractivity contribution in [3.05, 3.63) is 255 Å². The minimum Gasteiger partial charge on any atom is -0.309 e. The molecule has 0 aliphatic heterocycles. The Labute approximate surface area is 426 Å². The summed E-state index contributed by atoms with van der Waals surface area (Å²) in [5.74, 6) is 3.29. The van der Waals surface area contributed by atoms with Gasteiger partial charge in [0.25, 0.3) is 0 Å². The standard InChI is InChI=1S/C66H42N8/c1-5-19-43(20-6-1)45-35-37-52(38-36-45)73-55-33-15-13-31-53(55)59-57(73)39-40-58-60(59)54-32-14-16-34-56(54)74(58)66-71-62(47-25-11-4-12-26-47)69-65(72-66)51-30-18-29-50(42-51)64-68-61(46-23-9-3-10-24-46)67-63(70-64)49-28-17-27-48(41-49)44-21-7-2-8-22-44/h1-42H. The van der Waals surface area contributed by atoms with E-state index in [1.54, 1.807) is 0 Å². The minimum atomic E-state index is 0.511. The largest absolute Gasteiger partial charge is 0.309 e. The van der Waals surface area contributed by atoms with Crippen LogP contribution in [-0.4, -0.2) is 39.0 Å². The normalized spacial score (nSPS) is 11.5. The smallest absolute Gasteiger partial charge is 0.238 e. The number of nitrogens with zero attached hydrogens (tertiary/aromatic N) is 8. The highest BCUT2D eigenvalue weighted by Gasteiger charge is 2.23. The first-order chi connectivity index (χ1) is 36.7. The molecule has 0 aliphatic rings. The zero-order valence-corrected chi connectivity index (χ0v) is 39.8. The summed E-state index contributed by atoms with van der Waals surface area (Å²) in [6, 6.07) is 88.2. The Morgan fingerprint density at radius 3 is 1.07 bits per heavy atom. The molecule has 0 fully saturated rings. The third-order valence-electron chi connectivity index (χ3n) is 13.8. The first-order valence-electron chi connectivity index (χ1n) is 24.7. The highest BCUT2D eigenvalue weighted by molar-refractivity contribution is 6.28. The molecule has 0 amide bonds. The summed E-state index contributed by atoms with van der Waals surface area (Å²) < 4.78 is 4.58. The Bertz CT molecular complexity index is 4400. The number of hydrogen-bond acceptors (Lipinski definition) is 6. The fourth-order valence-electron chi connectivity index (χ4n) is 10.4. The van der Waals surface area contributed by atoms with E-state index in [-0.39, 0.29) is 0 Å². The highest BCUT2D eigenvalue weighted by Crippen LogP contribution is 2.43. The second-order valence-corrected chi connectivity index (χ2v) is 18.3. The number of benzene rings is 10. The molecule has 0 atom stereocenters. The molecule has 0 unspecified atom stereocenters. The van der Waals surface area contributed by atoms with E-state index in [0.29, 0.717) is 35.1 Å². The van der Waals surface area contributed by atoms with Gasteiger partial charge in [0.2, 0.25) is 5.95 Å². The third-order valence-corrected chi connectivity index (χ3v) is 13.8. The van der Waals surface area contributed by atoms with E-state index in [0.717, 1.165) is 77.5 Å². The van der Waals surface area contributed by atoms with Crippen LogP contribution in [0.2, 0.25) is 0 Å². The number of rotatable bonds is 9. The van der Waals surface area contributed by atoms with Gasteiger partial charge in [-0.15, -0.1) is 0 Å². The highest BCUT2D eigenvalue weighted by atomic mass is 15.2. The molecule has 0 radical (unpaired) electrons. The van der Waals surface area contributed by atoms with Crippen molar-refractivity contribution >= 4 is 43.6 Å². The maximum atomic E-state index is 5.39. The van der Waals surface area contributed by atoms with Gasteiger partial charge in [-0.2, -0.15) is 9.97 Å². The average Bonchev–Trinajstić information content (AvgIpc) is 4.02. The van der Waals surface area contributed by atoms with Crippen molar-refractivity contribution in [3.63, 3.8) is 0 Å². The van der Waals surface area contributed by atoms with Crippen LogP contribution in [0.15, 0.2) is 255 Å². The first-order valence-corrected chi connectivity index (χ1v) is 24.7. The van der Waals surface area contributed by atoms with Gasteiger partial charge in [0, 0.05) is 55.0 Å². The quantitative estimate of drug-likeness (QED) is 0.143. The molecule has 14 aromatic rings. The van der Waals surface area contributed by atoms with Gasteiger partial charge in [-0.1, -0.05) is 206 Å². The molecule has 10 aromatic carbocycles. The Morgan fingerprint density at radius 1 is 0.216 bits per heavy atom. The van der Waals surface area contributed by atoms with Gasteiger partial charge < -0.3 is 4.57 Å². The lowest BCUT2D eigenvalue weighted by Gasteiger charge is -2.12. The van der Waals surface area contributed by atoms with Crippen molar-refractivity contribution in [3.8, 4) is 90.8 Å². The van der Waals surface area contributed by atoms with E-state index in [4.69, 9.17) is 29.9 Å². The van der Waals surface area contributed by atoms with Crippen LogP contribution in [0.25, 0.3) is 134 Å².